The first-order valence-electron chi connectivity index (χ1n) is 9.60. The first-order valence-corrected chi connectivity index (χ1v) is 9.60. The normalized spacial score (nSPS) is 37.2. The highest BCUT2D eigenvalue weighted by Crippen LogP contribution is 2.49. The van der Waals surface area contributed by atoms with Gasteiger partial charge in [0.25, 0.3) is 0 Å². The third kappa shape index (κ3) is 3.92. The fourth-order valence-electron chi connectivity index (χ4n) is 3.86. The number of aliphatic hydroxyl groups is 2. The average molecular weight is 422 g/mol. The molecule has 0 aromatic carbocycles. The Morgan fingerprint density at radius 2 is 1.93 bits per heavy atom. The minimum absolute atomic E-state index is 0.0138. The fraction of sp³-hybridized carbons (Fsp3) is 0.571. The summed E-state index contributed by atoms with van der Waals surface area (Å²) in [6.45, 7) is 8.86. The molecular formula is C21H26O9. The van der Waals surface area contributed by atoms with Crippen LogP contribution in [0.3, 0.4) is 0 Å². The predicted octanol–water partition coefficient (Wildman–Crippen LogP) is 1.19. The van der Waals surface area contributed by atoms with Crippen molar-refractivity contribution in [2.75, 3.05) is 6.61 Å². The van der Waals surface area contributed by atoms with Crippen LogP contribution < -0.4 is 0 Å². The Morgan fingerprint density at radius 3 is 2.53 bits per heavy atom. The van der Waals surface area contributed by atoms with Crippen LogP contribution in [0.5, 0.6) is 0 Å². The maximum absolute atomic E-state index is 12.5. The Balaban J connectivity index is 2.17. The maximum atomic E-state index is 12.5. The molecule has 3 heterocycles. The molecule has 0 amide bonds. The maximum Gasteiger partial charge on any atom is 0.343 e. The van der Waals surface area contributed by atoms with Gasteiger partial charge in [-0.1, -0.05) is 6.58 Å². The third-order valence-corrected chi connectivity index (χ3v) is 5.60. The van der Waals surface area contributed by atoms with Crippen molar-refractivity contribution < 1.29 is 43.5 Å². The smallest absolute Gasteiger partial charge is 0.343 e. The van der Waals surface area contributed by atoms with Crippen LogP contribution >= 0.6 is 0 Å². The van der Waals surface area contributed by atoms with Crippen LogP contribution in [0.2, 0.25) is 0 Å². The highest BCUT2D eigenvalue weighted by molar-refractivity contribution is 5.96. The summed E-state index contributed by atoms with van der Waals surface area (Å²) in [5.74, 6) is -3.96. The molecule has 0 radical (unpaired) electrons. The molecule has 2 bridgehead atoms. The van der Waals surface area contributed by atoms with Crippen molar-refractivity contribution >= 4 is 17.9 Å². The molecule has 4 atom stereocenters. The van der Waals surface area contributed by atoms with E-state index in [-0.39, 0.29) is 35.3 Å². The second-order valence-corrected chi connectivity index (χ2v) is 8.42. The lowest BCUT2D eigenvalue weighted by atomic mass is 9.82. The van der Waals surface area contributed by atoms with Crippen LogP contribution in [0, 0.1) is 0 Å². The van der Waals surface area contributed by atoms with E-state index in [1.807, 2.05) is 0 Å². The topological polar surface area (TPSA) is 129 Å². The lowest BCUT2D eigenvalue weighted by molar-refractivity contribution is -0.298. The van der Waals surface area contributed by atoms with Crippen LogP contribution in [0.25, 0.3) is 0 Å². The highest BCUT2D eigenvalue weighted by atomic mass is 16.7. The number of ether oxygens (including phenoxy) is 4. The summed E-state index contributed by atoms with van der Waals surface area (Å²) < 4.78 is 21.7. The van der Waals surface area contributed by atoms with Crippen LogP contribution in [0.1, 0.15) is 47.0 Å². The number of hydrogen-bond donors (Lipinski definition) is 2. The standard InChI is InChI=1S/C21H26O9/c1-11(2)17(23)28-15-9-20(5,25)21(26)7-6-19(4,30-21)8-14-16(15)13(18(24)29-14)10-27-12(3)22/h8,15,25-26H,1,6-7,9-10H2,2-5H3/b14-8+/t15-,19+,20+,21-/m1/s1. The number of rotatable bonds is 4. The molecule has 30 heavy (non-hydrogen) atoms. The molecule has 9 heteroatoms. The molecule has 3 aliphatic rings. The van der Waals surface area contributed by atoms with Crippen LogP contribution in [0.15, 0.2) is 35.1 Å². The van der Waals surface area contributed by atoms with Crippen LogP contribution in [-0.2, 0) is 33.3 Å². The summed E-state index contributed by atoms with van der Waals surface area (Å²) in [5, 5.41) is 22.1. The minimum atomic E-state index is -1.91. The Kier molecular flexibility index (Phi) is 5.43. The Hall–Kier alpha value is -2.49. The molecule has 9 nitrogen and oxygen atoms in total. The predicted molar refractivity (Wildman–Crippen MR) is 101 cm³/mol. The number of fused-ring (bicyclic) bond motifs is 3. The molecule has 1 fully saturated rings. The summed E-state index contributed by atoms with van der Waals surface area (Å²) in [5.41, 5.74) is -2.64. The van der Waals surface area contributed by atoms with E-state index in [0.29, 0.717) is 6.42 Å². The lowest BCUT2D eigenvalue weighted by Gasteiger charge is -2.40. The summed E-state index contributed by atoms with van der Waals surface area (Å²) >= 11 is 0. The molecule has 0 aromatic rings. The second kappa shape index (κ2) is 7.33. The zero-order valence-electron chi connectivity index (χ0n) is 17.4. The fourth-order valence-corrected chi connectivity index (χ4v) is 3.86. The number of esters is 3. The van der Waals surface area contributed by atoms with Crippen molar-refractivity contribution in [2.45, 2.75) is 70.1 Å². The van der Waals surface area contributed by atoms with Gasteiger partial charge in [0.15, 0.2) is 5.79 Å². The quantitative estimate of drug-likeness (QED) is 0.390. The van der Waals surface area contributed by atoms with E-state index in [9.17, 15) is 24.6 Å². The molecule has 164 valence electrons. The van der Waals surface area contributed by atoms with E-state index < -0.39 is 47.6 Å². The lowest BCUT2D eigenvalue weighted by Crippen LogP contribution is -2.54. The first-order chi connectivity index (χ1) is 13.8. The Bertz CT molecular complexity index is 881. The summed E-state index contributed by atoms with van der Waals surface area (Å²) in [6, 6.07) is 0. The molecular weight excluding hydrogens is 396 g/mol. The van der Waals surface area contributed by atoms with Gasteiger partial charge in [-0.2, -0.15) is 0 Å². The SMILES string of the molecule is C=C(C)C(=O)O[C@@H]1C[C@](C)(O)[C@@]2(O)CC[C@@](C)(/C=C3/OC(=O)C(COC(C)=O)=C31)O2. The Labute approximate surface area is 173 Å². The van der Waals surface area contributed by atoms with Gasteiger partial charge < -0.3 is 29.2 Å². The zero-order chi connectivity index (χ0) is 22.5. The van der Waals surface area contributed by atoms with Crippen LogP contribution in [0.4, 0.5) is 0 Å². The minimum Gasteiger partial charge on any atom is -0.461 e. The monoisotopic (exact) mass is 422 g/mol. The van der Waals surface area contributed by atoms with Gasteiger partial charge >= 0.3 is 17.9 Å². The van der Waals surface area contributed by atoms with Gasteiger partial charge in [-0.25, -0.2) is 9.59 Å². The van der Waals surface area contributed by atoms with Crippen molar-refractivity contribution in [1.29, 1.82) is 0 Å². The summed E-state index contributed by atoms with van der Waals surface area (Å²) in [4.78, 5) is 36.1. The largest absolute Gasteiger partial charge is 0.461 e. The van der Waals surface area contributed by atoms with Gasteiger partial charge in [-0.05, 0) is 33.3 Å². The summed E-state index contributed by atoms with van der Waals surface area (Å²) in [7, 11) is 0. The molecule has 0 aliphatic carbocycles. The van der Waals surface area contributed by atoms with E-state index in [1.165, 1.54) is 26.8 Å². The van der Waals surface area contributed by atoms with Gasteiger partial charge in [-0.3, -0.25) is 4.79 Å². The van der Waals surface area contributed by atoms with E-state index in [0.717, 1.165) is 0 Å². The second-order valence-electron chi connectivity index (χ2n) is 8.42. The molecule has 0 aromatic heterocycles. The van der Waals surface area contributed by atoms with Crippen molar-refractivity contribution in [3.8, 4) is 0 Å². The van der Waals surface area contributed by atoms with Gasteiger partial charge in [0.2, 0.25) is 0 Å². The Morgan fingerprint density at radius 1 is 1.27 bits per heavy atom. The third-order valence-electron chi connectivity index (χ3n) is 5.60. The van der Waals surface area contributed by atoms with Crippen LogP contribution in [-0.4, -0.2) is 57.8 Å². The number of carbonyl (C=O) groups excluding carboxylic acids is 3. The molecule has 1 saturated heterocycles. The molecule has 0 unspecified atom stereocenters. The summed E-state index contributed by atoms with van der Waals surface area (Å²) in [6.07, 6.45) is 0.495. The number of carbonyl (C=O) groups is 3. The van der Waals surface area contributed by atoms with Gasteiger partial charge in [0.05, 0.1) is 11.2 Å². The van der Waals surface area contributed by atoms with E-state index in [1.54, 1.807) is 6.92 Å². The highest BCUT2D eigenvalue weighted by Gasteiger charge is 2.58. The van der Waals surface area contributed by atoms with Crippen molar-refractivity contribution in [3.63, 3.8) is 0 Å². The van der Waals surface area contributed by atoms with Crippen molar-refractivity contribution in [3.05, 3.63) is 35.1 Å². The number of hydrogen-bond acceptors (Lipinski definition) is 9. The first kappa shape index (κ1) is 22.2. The molecule has 3 rings (SSSR count). The molecule has 3 aliphatic heterocycles. The zero-order valence-corrected chi connectivity index (χ0v) is 17.4. The molecule has 0 spiro atoms. The van der Waals surface area contributed by atoms with E-state index >= 15 is 0 Å². The van der Waals surface area contributed by atoms with E-state index in [4.69, 9.17) is 18.9 Å². The molecule has 0 saturated carbocycles. The van der Waals surface area contributed by atoms with Crippen molar-refractivity contribution in [2.24, 2.45) is 0 Å². The van der Waals surface area contributed by atoms with Gasteiger partial charge in [0, 0.05) is 30.9 Å². The van der Waals surface area contributed by atoms with Gasteiger partial charge in [0.1, 0.15) is 24.1 Å². The average Bonchev–Trinajstić information content (AvgIpc) is 3.09. The van der Waals surface area contributed by atoms with E-state index in [2.05, 4.69) is 6.58 Å². The molecule has 2 N–H and O–H groups in total. The van der Waals surface area contributed by atoms with Crippen molar-refractivity contribution in [1.82, 2.24) is 0 Å². The van der Waals surface area contributed by atoms with Gasteiger partial charge in [-0.15, -0.1) is 0 Å².